The fourth-order valence-corrected chi connectivity index (χ4v) is 4.09. The number of aliphatic carboxylic acids is 1. The van der Waals surface area contributed by atoms with E-state index in [9.17, 15) is 14.3 Å². The van der Waals surface area contributed by atoms with Gasteiger partial charge in [-0.05, 0) is 46.8 Å². The number of carboxylic acids is 1. The van der Waals surface area contributed by atoms with Crippen molar-refractivity contribution in [3.8, 4) is 11.1 Å². The predicted molar refractivity (Wildman–Crippen MR) is 98.2 cm³/mol. The molecule has 2 aromatic carbocycles. The van der Waals surface area contributed by atoms with Crippen LogP contribution in [0.5, 0.6) is 0 Å². The van der Waals surface area contributed by atoms with Crippen LogP contribution in [0, 0.1) is 5.82 Å². The van der Waals surface area contributed by atoms with Crippen molar-refractivity contribution in [2.45, 2.75) is 5.92 Å². The molecule has 2 aromatic heterocycles. The Morgan fingerprint density at radius 3 is 2.65 bits per heavy atom. The molecule has 0 spiro atoms. The molecule has 0 aliphatic heterocycles. The fourth-order valence-electron chi connectivity index (χ4n) is 2.82. The molecule has 4 rings (SSSR count). The molecule has 2 heterocycles. The molecule has 0 aliphatic rings. The topological polar surface area (TPSA) is 63.3 Å². The molecule has 1 N–H and O–H groups in total. The van der Waals surface area contributed by atoms with E-state index < -0.39 is 17.7 Å². The third kappa shape index (κ3) is 2.98. The SMILES string of the molecule is O=C(O)C(c1cocn1)c1cc2cc(-c3ccc(Cl)c(F)c3)ccc2s1. The number of halogens is 2. The molecule has 26 heavy (non-hydrogen) atoms. The lowest BCUT2D eigenvalue weighted by Gasteiger charge is -2.05. The molecule has 0 amide bonds. The number of benzene rings is 2. The summed E-state index contributed by atoms with van der Waals surface area (Å²) in [4.78, 5) is 16.3. The fraction of sp³-hybridized carbons (Fsp3) is 0.0526. The van der Waals surface area contributed by atoms with E-state index >= 15 is 0 Å². The molecule has 0 saturated carbocycles. The van der Waals surface area contributed by atoms with Crippen molar-refractivity contribution in [2.24, 2.45) is 0 Å². The largest absolute Gasteiger partial charge is 0.480 e. The number of carboxylic acid groups (broad SMARTS) is 1. The van der Waals surface area contributed by atoms with Crippen LogP contribution < -0.4 is 0 Å². The lowest BCUT2D eigenvalue weighted by Crippen LogP contribution is -2.11. The normalized spacial score (nSPS) is 12.4. The lowest BCUT2D eigenvalue weighted by atomic mass is 10.0. The highest BCUT2D eigenvalue weighted by Gasteiger charge is 2.26. The summed E-state index contributed by atoms with van der Waals surface area (Å²) in [6.45, 7) is 0. The molecule has 0 bridgehead atoms. The van der Waals surface area contributed by atoms with Gasteiger partial charge in [-0.15, -0.1) is 11.3 Å². The van der Waals surface area contributed by atoms with Crippen molar-refractivity contribution in [2.75, 3.05) is 0 Å². The van der Waals surface area contributed by atoms with Crippen LogP contribution in [0.2, 0.25) is 5.02 Å². The van der Waals surface area contributed by atoms with Crippen molar-refractivity contribution in [3.63, 3.8) is 0 Å². The van der Waals surface area contributed by atoms with E-state index in [1.165, 1.54) is 36.1 Å². The highest BCUT2D eigenvalue weighted by Crippen LogP contribution is 2.36. The summed E-state index contributed by atoms with van der Waals surface area (Å²) in [6, 6.07) is 12.1. The molecule has 7 heteroatoms. The van der Waals surface area contributed by atoms with Gasteiger partial charge < -0.3 is 9.52 Å². The Labute approximate surface area is 156 Å². The summed E-state index contributed by atoms with van der Waals surface area (Å²) >= 11 is 7.12. The van der Waals surface area contributed by atoms with Gasteiger partial charge >= 0.3 is 5.97 Å². The van der Waals surface area contributed by atoms with Crippen molar-refractivity contribution < 1.29 is 18.7 Å². The third-order valence-electron chi connectivity index (χ3n) is 4.07. The average Bonchev–Trinajstić information content (AvgIpc) is 3.26. The van der Waals surface area contributed by atoms with Crippen LogP contribution in [0.4, 0.5) is 4.39 Å². The Morgan fingerprint density at radius 1 is 1.19 bits per heavy atom. The number of aromatic nitrogens is 1. The summed E-state index contributed by atoms with van der Waals surface area (Å²) in [7, 11) is 0. The Bertz CT molecular complexity index is 1110. The van der Waals surface area contributed by atoms with Gasteiger partial charge in [0.05, 0.1) is 10.7 Å². The molecule has 4 nitrogen and oxygen atoms in total. The molecule has 4 aromatic rings. The van der Waals surface area contributed by atoms with E-state index in [-0.39, 0.29) is 5.02 Å². The van der Waals surface area contributed by atoms with Crippen molar-refractivity contribution >= 4 is 39.0 Å². The zero-order chi connectivity index (χ0) is 18.3. The summed E-state index contributed by atoms with van der Waals surface area (Å²) in [6.07, 6.45) is 2.55. The van der Waals surface area contributed by atoms with Crippen LogP contribution in [0.15, 0.2) is 59.5 Å². The molecular formula is C19H11ClFNO3S. The van der Waals surface area contributed by atoms with Gasteiger partial charge in [-0.2, -0.15) is 0 Å². The van der Waals surface area contributed by atoms with E-state index in [1.54, 1.807) is 6.07 Å². The van der Waals surface area contributed by atoms with Crippen LogP contribution in [0.3, 0.4) is 0 Å². The molecule has 0 radical (unpaired) electrons. The van der Waals surface area contributed by atoms with Crippen molar-refractivity contribution in [3.05, 3.63) is 76.5 Å². The van der Waals surface area contributed by atoms with Gasteiger partial charge in [-0.3, -0.25) is 4.79 Å². The smallest absolute Gasteiger partial charge is 0.318 e. The first-order chi connectivity index (χ1) is 12.5. The molecular weight excluding hydrogens is 377 g/mol. The second-order valence-electron chi connectivity index (χ2n) is 5.71. The highest BCUT2D eigenvalue weighted by molar-refractivity contribution is 7.19. The standard InChI is InChI=1S/C19H11ClFNO3S/c20-13-3-1-11(6-14(13)21)10-2-4-16-12(5-10)7-17(26-16)18(19(23)24)15-8-25-9-22-15/h1-9,18H,(H,23,24). The molecule has 0 saturated heterocycles. The van der Waals surface area contributed by atoms with Crippen LogP contribution >= 0.6 is 22.9 Å². The second kappa shape index (κ2) is 6.55. The van der Waals surface area contributed by atoms with Gasteiger partial charge in [0.2, 0.25) is 0 Å². The first-order valence-electron chi connectivity index (χ1n) is 7.63. The zero-order valence-corrected chi connectivity index (χ0v) is 14.7. The van der Waals surface area contributed by atoms with Crippen molar-refractivity contribution in [1.82, 2.24) is 4.98 Å². The summed E-state index contributed by atoms with van der Waals surface area (Å²) < 4.78 is 19.6. The van der Waals surface area contributed by atoms with Crippen LogP contribution in [-0.4, -0.2) is 16.1 Å². The number of thiophene rings is 1. The Morgan fingerprint density at radius 2 is 1.96 bits per heavy atom. The first kappa shape index (κ1) is 16.8. The number of hydrogen-bond acceptors (Lipinski definition) is 4. The molecule has 0 fully saturated rings. The minimum absolute atomic E-state index is 0.0737. The van der Waals surface area contributed by atoms with Gasteiger partial charge in [0.1, 0.15) is 18.0 Å². The van der Waals surface area contributed by atoms with E-state index in [1.807, 2.05) is 24.3 Å². The summed E-state index contributed by atoms with van der Waals surface area (Å²) in [5, 5.41) is 10.5. The van der Waals surface area contributed by atoms with Crippen LogP contribution in [0.1, 0.15) is 16.5 Å². The van der Waals surface area contributed by atoms with Crippen molar-refractivity contribution in [1.29, 1.82) is 0 Å². The number of rotatable bonds is 4. The molecule has 0 aliphatic carbocycles. The predicted octanol–water partition coefficient (Wildman–Crippen LogP) is 5.57. The van der Waals surface area contributed by atoms with Gasteiger partial charge in [0.25, 0.3) is 0 Å². The quantitative estimate of drug-likeness (QED) is 0.497. The van der Waals surface area contributed by atoms with E-state index in [0.29, 0.717) is 16.1 Å². The number of fused-ring (bicyclic) bond motifs is 1. The van der Waals surface area contributed by atoms with Crippen LogP contribution in [-0.2, 0) is 4.79 Å². The average molecular weight is 388 g/mol. The minimum atomic E-state index is -0.995. The van der Waals surface area contributed by atoms with Gasteiger partial charge in [-0.1, -0.05) is 23.7 Å². The van der Waals surface area contributed by atoms with E-state index in [2.05, 4.69) is 4.98 Å². The first-order valence-corrected chi connectivity index (χ1v) is 8.82. The van der Waals surface area contributed by atoms with E-state index in [4.69, 9.17) is 16.0 Å². The maximum absolute atomic E-state index is 13.7. The number of carbonyl (C=O) groups is 1. The Balaban J connectivity index is 1.78. The maximum atomic E-state index is 13.7. The molecule has 130 valence electrons. The Kier molecular flexibility index (Phi) is 4.22. The Hall–Kier alpha value is -2.70. The monoisotopic (exact) mass is 387 g/mol. The summed E-state index contributed by atoms with van der Waals surface area (Å²) in [5.41, 5.74) is 1.88. The maximum Gasteiger partial charge on any atom is 0.318 e. The van der Waals surface area contributed by atoms with Gasteiger partial charge in [0.15, 0.2) is 6.39 Å². The third-order valence-corrected chi connectivity index (χ3v) is 5.55. The highest BCUT2D eigenvalue weighted by atomic mass is 35.5. The molecule has 1 atom stereocenters. The zero-order valence-electron chi connectivity index (χ0n) is 13.1. The number of nitrogens with zero attached hydrogens (tertiary/aromatic N) is 1. The van der Waals surface area contributed by atoms with Gasteiger partial charge in [0, 0.05) is 9.58 Å². The number of hydrogen-bond donors (Lipinski definition) is 1. The van der Waals surface area contributed by atoms with Gasteiger partial charge in [-0.25, -0.2) is 9.37 Å². The number of oxazole rings is 1. The lowest BCUT2D eigenvalue weighted by molar-refractivity contribution is -0.137. The summed E-state index contributed by atoms with van der Waals surface area (Å²) in [5.74, 6) is -2.36. The minimum Gasteiger partial charge on any atom is -0.480 e. The van der Waals surface area contributed by atoms with Crippen LogP contribution in [0.25, 0.3) is 21.2 Å². The van der Waals surface area contributed by atoms with E-state index in [0.717, 1.165) is 15.6 Å². The molecule has 1 unspecified atom stereocenters. The second-order valence-corrected chi connectivity index (χ2v) is 7.24.